The van der Waals surface area contributed by atoms with Crippen molar-refractivity contribution in [1.29, 1.82) is 0 Å². The maximum absolute atomic E-state index is 11.7. The van der Waals surface area contributed by atoms with Crippen molar-refractivity contribution >= 4 is 5.78 Å². The number of aliphatic hydroxyl groups excluding tert-OH is 1. The van der Waals surface area contributed by atoms with E-state index in [9.17, 15) is 15.0 Å². The van der Waals surface area contributed by atoms with E-state index in [1.807, 2.05) is 6.08 Å². The molecule has 0 amide bonds. The summed E-state index contributed by atoms with van der Waals surface area (Å²) in [4.78, 5) is 11.7. The molecule has 2 N–H and O–H groups in total. The van der Waals surface area contributed by atoms with Crippen LogP contribution < -0.4 is 0 Å². The third-order valence-electron chi connectivity index (χ3n) is 7.69. The predicted molar refractivity (Wildman–Crippen MR) is 84.1 cm³/mol. The van der Waals surface area contributed by atoms with Gasteiger partial charge in [0.05, 0.1) is 11.7 Å². The highest BCUT2D eigenvalue weighted by molar-refractivity contribution is 6.01. The standard InChI is InChI=1S/C19H26O3/c1-17-8-5-13(20)11-12(17)3-4-15-14(17)6-9-18(2)16(21)7-10-19(15,18)22/h5,8,11,14-16,21-22H,3-4,6-7,9-10H2,1-2H3/t14-,15+,16?,17-,18+,19+/m0/s1. The van der Waals surface area contributed by atoms with Gasteiger partial charge in [0.15, 0.2) is 5.78 Å². The Balaban J connectivity index is 1.76. The molecule has 22 heavy (non-hydrogen) atoms. The van der Waals surface area contributed by atoms with Gasteiger partial charge in [-0.2, -0.15) is 0 Å². The Morgan fingerprint density at radius 3 is 2.68 bits per heavy atom. The number of hydrogen-bond acceptors (Lipinski definition) is 3. The molecule has 0 aromatic heterocycles. The molecule has 1 unspecified atom stereocenters. The second-order valence-electron chi connectivity index (χ2n) is 8.37. The number of ketones is 1. The van der Waals surface area contributed by atoms with Crippen molar-refractivity contribution in [2.45, 2.75) is 64.1 Å². The minimum atomic E-state index is -0.751. The van der Waals surface area contributed by atoms with E-state index in [1.54, 1.807) is 6.08 Å². The summed E-state index contributed by atoms with van der Waals surface area (Å²) in [5, 5.41) is 22.0. The SMILES string of the molecule is C[C@]12C=CC(=O)C=C1CC[C@@H]1[C@@H]2CC[C@]2(C)C(O)CC[C@@]12O. The van der Waals surface area contributed by atoms with Crippen LogP contribution >= 0.6 is 0 Å². The molecule has 0 aliphatic heterocycles. The summed E-state index contributed by atoms with van der Waals surface area (Å²) in [6.07, 6.45) is 10.4. The van der Waals surface area contributed by atoms with Crippen molar-refractivity contribution in [3.05, 3.63) is 23.8 Å². The Labute approximate surface area is 132 Å². The second-order valence-corrected chi connectivity index (χ2v) is 8.37. The van der Waals surface area contributed by atoms with E-state index >= 15 is 0 Å². The monoisotopic (exact) mass is 302 g/mol. The van der Waals surface area contributed by atoms with E-state index in [0.29, 0.717) is 18.8 Å². The molecular weight excluding hydrogens is 276 g/mol. The van der Waals surface area contributed by atoms with Crippen molar-refractivity contribution in [1.82, 2.24) is 0 Å². The first-order valence-electron chi connectivity index (χ1n) is 8.66. The zero-order valence-corrected chi connectivity index (χ0v) is 13.5. The van der Waals surface area contributed by atoms with Gasteiger partial charge in [0.1, 0.15) is 0 Å². The zero-order valence-electron chi connectivity index (χ0n) is 13.5. The molecule has 6 atom stereocenters. The minimum Gasteiger partial charge on any atom is -0.392 e. The van der Waals surface area contributed by atoms with E-state index in [0.717, 1.165) is 25.7 Å². The van der Waals surface area contributed by atoms with Gasteiger partial charge in [0, 0.05) is 10.8 Å². The number of carbonyl (C=O) groups is 1. The Kier molecular flexibility index (Phi) is 2.88. The Morgan fingerprint density at radius 2 is 1.91 bits per heavy atom. The van der Waals surface area contributed by atoms with E-state index in [2.05, 4.69) is 19.9 Å². The highest BCUT2D eigenvalue weighted by Gasteiger charge is 2.66. The molecule has 0 heterocycles. The number of carbonyl (C=O) groups excluding carboxylic acids is 1. The number of fused-ring (bicyclic) bond motifs is 5. The smallest absolute Gasteiger partial charge is 0.178 e. The van der Waals surface area contributed by atoms with Crippen molar-refractivity contribution in [3.8, 4) is 0 Å². The van der Waals surface area contributed by atoms with Crippen LogP contribution in [0.1, 0.15) is 52.4 Å². The van der Waals surface area contributed by atoms with Crippen molar-refractivity contribution in [2.24, 2.45) is 22.7 Å². The lowest BCUT2D eigenvalue weighted by molar-refractivity contribution is -0.187. The minimum absolute atomic E-state index is 0.0958. The largest absolute Gasteiger partial charge is 0.392 e. The summed E-state index contributed by atoms with van der Waals surface area (Å²) in [5.41, 5.74) is 0.0348. The quantitative estimate of drug-likeness (QED) is 0.723. The van der Waals surface area contributed by atoms with Crippen LogP contribution in [0, 0.1) is 22.7 Å². The van der Waals surface area contributed by atoms with Gasteiger partial charge in [-0.15, -0.1) is 0 Å². The summed E-state index contributed by atoms with van der Waals surface area (Å²) in [5.74, 6) is 0.699. The van der Waals surface area contributed by atoms with E-state index in [-0.39, 0.29) is 28.6 Å². The first-order chi connectivity index (χ1) is 10.3. The van der Waals surface area contributed by atoms with Gasteiger partial charge in [0.2, 0.25) is 0 Å². The van der Waals surface area contributed by atoms with Gasteiger partial charge in [-0.05, 0) is 62.5 Å². The average molecular weight is 302 g/mol. The van der Waals surface area contributed by atoms with Crippen LogP contribution in [-0.2, 0) is 4.79 Å². The van der Waals surface area contributed by atoms with Gasteiger partial charge >= 0.3 is 0 Å². The van der Waals surface area contributed by atoms with E-state index < -0.39 is 5.60 Å². The molecule has 3 nitrogen and oxygen atoms in total. The van der Waals surface area contributed by atoms with Gasteiger partial charge in [-0.1, -0.05) is 25.5 Å². The summed E-state index contributed by atoms with van der Waals surface area (Å²) < 4.78 is 0. The van der Waals surface area contributed by atoms with Crippen LogP contribution in [0.2, 0.25) is 0 Å². The second kappa shape index (κ2) is 4.33. The molecule has 3 saturated carbocycles. The molecular formula is C19H26O3. The van der Waals surface area contributed by atoms with Gasteiger partial charge < -0.3 is 10.2 Å². The number of rotatable bonds is 0. The first kappa shape index (κ1) is 14.6. The molecule has 0 aromatic carbocycles. The molecule has 0 radical (unpaired) electrons. The summed E-state index contributed by atoms with van der Waals surface area (Å²) in [7, 11) is 0. The molecule has 0 spiro atoms. The van der Waals surface area contributed by atoms with Gasteiger partial charge in [0.25, 0.3) is 0 Å². The van der Waals surface area contributed by atoms with Crippen LogP contribution in [0.3, 0.4) is 0 Å². The first-order valence-corrected chi connectivity index (χ1v) is 8.66. The third-order valence-corrected chi connectivity index (χ3v) is 7.69. The van der Waals surface area contributed by atoms with Crippen molar-refractivity contribution < 1.29 is 15.0 Å². The fraction of sp³-hybridized carbons (Fsp3) is 0.737. The van der Waals surface area contributed by atoms with Crippen LogP contribution in [0.5, 0.6) is 0 Å². The maximum Gasteiger partial charge on any atom is 0.178 e. The molecule has 3 heteroatoms. The lowest BCUT2D eigenvalue weighted by Crippen LogP contribution is -2.61. The molecule has 4 rings (SSSR count). The van der Waals surface area contributed by atoms with Gasteiger partial charge in [-0.3, -0.25) is 4.79 Å². The van der Waals surface area contributed by atoms with Gasteiger partial charge in [-0.25, -0.2) is 0 Å². The molecule has 3 fully saturated rings. The number of hydrogen-bond donors (Lipinski definition) is 2. The Hall–Kier alpha value is -0.930. The topological polar surface area (TPSA) is 57.5 Å². The Morgan fingerprint density at radius 1 is 1.14 bits per heavy atom. The summed E-state index contributed by atoms with van der Waals surface area (Å²) in [6.45, 7) is 4.31. The Bertz CT molecular complexity index is 591. The van der Waals surface area contributed by atoms with E-state index in [4.69, 9.17) is 0 Å². The summed E-state index contributed by atoms with van der Waals surface area (Å²) >= 11 is 0. The fourth-order valence-corrected chi connectivity index (χ4v) is 6.14. The predicted octanol–water partition coefficient (Wildman–Crippen LogP) is 2.77. The third kappa shape index (κ3) is 1.57. The molecule has 0 saturated heterocycles. The van der Waals surface area contributed by atoms with Crippen LogP contribution in [-0.4, -0.2) is 27.7 Å². The normalized spacial score (nSPS) is 53.5. The fourth-order valence-electron chi connectivity index (χ4n) is 6.14. The lowest BCUT2D eigenvalue weighted by Gasteiger charge is -2.60. The summed E-state index contributed by atoms with van der Waals surface area (Å²) in [6, 6.07) is 0. The highest BCUT2D eigenvalue weighted by atomic mass is 16.3. The molecule has 0 bridgehead atoms. The van der Waals surface area contributed by atoms with Crippen molar-refractivity contribution in [2.75, 3.05) is 0 Å². The maximum atomic E-state index is 11.7. The molecule has 4 aliphatic rings. The molecule has 4 aliphatic carbocycles. The van der Waals surface area contributed by atoms with Crippen molar-refractivity contribution in [3.63, 3.8) is 0 Å². The molecule has 120 valence electrons. The number of allylic oxidation sites excluding steroid dienone is 4. The van der Waals surface area contributed by atoms with Crippen LogP contribution in [0.4, 0.5) is 0 Å². The van der Waals surface area contributed by atoms with Crippen LogP contribution in [0.15, 0.2) is 23.8 Å². The average Bonchev–Trinajstić information content (AvgIpc) is 2.72. The number of aliphatic hydroxyl groups is 2. The lowest BCUT2D eigenvalue weighted by atomic mass is 9.47. The van der Waals surface area contributed by atoms with Crippen LogP contribution in [0.25, 0.3) is 0 Å². The molecule has 0 aromatic rings. The van der Waals surface area contributed by atoms with E-state index in [1.165, 1.54) is 5.57 Å². The highest BCUT2D eigenvalue weighted by Crippen LogP contribution is 2.66. The zero-order chi connectivity index (χ0) is 15.8.